The average Bonchev–Trinajstić information content (AvgIpc) is 3.47. The fourth-order valence-corrected chi connectivity index (χ4v) is 6.79. The van der Waals surface area contributed by atoms with Crippen molar-refractivity contribution in [2.24, 2.45) is 0 Å². The molecule has 228 valence electrons. The maximum absolute atomic E-state index is 13.7. The molecule has 0 radical (unpaired) electrons. The topological polar surface area (TPSA) is 63.7 Å². The molecular weight excluding hydrogens is 565 g/mol. The van der Waals surface area contributed by atoms with E-state index in [2.05, 4.69) is 40.5 Å². The summed E-state index contributed by atoms with van der Waals surface area (Å²) < 4.78 is 24.5. The molecule has 5 aromatic rings. The lowest BCUT2D eigenvalue weighted by Crippen LogP contribution is -2.39. The van der Waals surface area contributed by atoms with E-state index in [4.69, 9.17) is 14.5 Å². The van der Waals surface area contributed by atoms with E-state index >= 15 is 0 Å². The van der Waals surface area contributed by atoms with Crippen LogP contribution in [0.15, 0.2) is 91.0 Å². The highest BCUT2D eigenvalue weighted by Gasteiger charge is 2.36. The highest BCUT2D eigenvalue weighted by Crippen LogP contribution is 2.46. The number of hydrogen-bond acceptors (Lipinski definition) is 6. The quantitative estimate of drug-likeness (QED) is 0.188. The highest BCUT2D eigenvalue weighted by molar-refractivity contribution is 5.94. The maximum Gasteiger partial charge on any atom is 0.338 e. The van der Waals surface area contributed by atoms with Gasteiger partial charge in [0.2, 0.25) is 0 Å². The molecule has 4 aromatic carbocycles. The number of carbonyl (C=O) groups excluding carboxylic acids is 1. The second kappa shape index (κ2) is 12.2. The number of pyridine rings is 1. The molecule has 6 nitrogen and oxygen atoms in total. The van der Waals surface area contributed by atoms with Gasteiger partial charge in [-0.15, -0.1) is 0 Å². The zero-order valence-electron chi connectivity index (χ0n) is 25.6. The molecule has 1 saturated carbocycles. The predicted octanol–water partition coefficient (Wildman–Crippen LogP) is 9.16. The smallest absolute Gasteiger partial charge is 0.338 e. The number of rotatable bonds is 7. The summed E-state index contributed by atoms with van der Waals surface area (Å²) in [7, 11) is 1.65. The standard InChI is InChI=1S/C38H36FN3O3/c1-3-45-38(43)27-13-20-36-35(22-27)41-37(42(36)29-7-5-4-6-8-29)26-12-18-33-25(21-26)11-19-34(40-33)32-23-30(44-2)16-17-31(32)24-9-14-28(39)15-10-24/h9-23,29,37,41H,3-8H2,1-2H3. The molecule has 0 bridgehead atoms. The van der Waals surface area contributed by atoms with Gasteiger partial charge in [0.05, 0.1) is 41.9 Å². The molecule has 0 spiro atoms. The van der Waals surface area contributed by atoms with Crippen LogP contribution < -0.4 is 15.0 Å². The van der Waals surface area contributed by atoms with Gasteiger partial charge in [-0.05, 0) is 97.1 Å². The SMILES string of the molecule is CCOC(=O)c1ccc2c(c1)NC(c1ccc3nc(-c4cc(OC)ccc4-c4ccc(F)cc4)ccc3c1)N2C1CCCCC1. The van der Waals surface area contributed by atoms with Crippen LogP contribution in [0.3, 0.4) is 0 Å². The lowest BCUT2D eigenvalue weighted by Gasteiger charge is -2.37. The van der Waals surface area contributed by atoms with Crippen molar-refractivity contribution in [3.8, 4) is 28.1 Å². The van der Waals surface area contributed by atoms with Gasteiger partial charge in [-0.1, -0.05) is 49.6 Å². The Kier molecular flexibility index (Phi) is 7.84. The van der Waals surface area contributed by atoms with Crippen LogP contribution in [0.25, 0.3) is 33.3 Å². The number of halogens is 1. The summed E-state index contributed by atoms with van der Waals surface area (Å²) in [6.07, 6.45) is 5.95. The molecule has 7 rings (SSSR count). The van der Waals surface area contributed by atoms with E-state index in [1.807, 2.05) is 43.3 Å². The summed E-state index contributed by atoms with van der Waals surface area (Å²) >= 11 is 0. The van der Waals surface area contributed by atoms with Crippen LogP contribution >= 0.6 is 0 Å². The van der Waals surface area contributed by atoms with Gasteiger partial charge in [0.25, 0.3) is 0 Å². The van der Waals surface area contributed by atoms with Crippen molar-refractivity contribution in [2.45, 2.75) is 51.2 Å². The van der Waals surface area contributed by atoms with E-state index in [0.717, 1.165) is 68.8 Å². The first-order chi connectivity index (χ1) is 22.0. The first-order valence-electron chi connectivity index (χ1n) is 15.7. The molecule has 1 aliphatic heterocycles. The highest BCUT2D eigenvalue weighted by atomic mass is 19.1. The van der Waals surface area contributed by atoms with E-state index in [1.165, 1.54) is 31.4 Å². The minimum absolute atomic E-state index is 0.0620. The fourth-order valence-electron chi connectivity index (χ4n) is 6.79. The van der Waals surface area contributed by atoms with Crippen molar-refractivity contribution in [1.29, 1.82) is 0 Å². The van der Waals surface area contributed by atoms with Crippen LogP contribution in [0.2, 0.25) is 0 Å². The van der Waals surface area contributed by atoms with Crippen LogP contribution in [0, 0.1) is 5.82 Å². The molecule has 7 heteroatoms. The van der Waals surface area contributed by atoms with Gasteiger partial charge in [-0.3, -0.25) is 0 Å². The van der Waals surface area contributed by atoms with Gasteiger partial charge in [-0.25, -0.2) is 14.2 Å². The number of ether oxygens (including phenoxy) is 2. The second-order valence-electron chi connectivity index (χ2n) is 11.8. The number of esters is 1. The summed E-state index contributed by atoms with van der Waals surface area (Å²) in [6.45, 7) is 2.17. The first-order valence-corrected chi connectivity index (χ1v) is 15.7. The van der Waals surface area contributed by atoms with Gasteiger partial charge < -0.3 is 19.7 Å². The lowest BCUT2D eigenvalue weighted by atomic mass is 9.93. The molecule has 0 saturated heterocycles. The Morgan fingerprint density at radius 1 is 0.911 bits per heavy atom. The number of aromatic nitrogens is 1. The Hall–Kier alpha value is -4.91. The summed E-state index contributed by atoms with van der Waals surface area (Å²) in [5.41, 5.74) is 8.26. The maximum atomic E-state index is 13.7. The molecule has 45 heavy (non-hydrogen) atoms. The number of benzene rings is 4. The van der Waals surface area contributed by atoms with Crippen molar-refractivity contribution in [3.63, 3.8) is 0 Å². The zero-order chi connectivity index (χ0) is 30.9. The number of carbonyl (C=O) groups is 1. The Morgan fingerprint density at radius 2 is 1.73 bits per heavy atom. The fraction of sp³-hybridized carbons (Fsp3) is 0.263. The van der Waals surface area contributed by atoms with Gasteiger partial charge in [0.1, 0.15) is 17.7 Å². The molecule has 2 heterocycles. The summed E-state index contributed by atoms with van der Waals surface area (Å²) in [5.74, 6) is 0.157. The molecule has 1 aromatic heterocycles. The van der Waals surface area contributed by atoms with E-state index in [-0.39, 0.29) is 18.0 Å². The zero-order valence-corrected chi connectivity index (χ0v) is 25.6. The molecular formula is C38H36FN3O3. The number of nitrogens with one attached hydrogen (secondary N) is 1. The van der Waals surface area contributed by atoms with Gasteiger partial charge in [-0.2, -0.15) is 0 Å². The number of methoxy groups -OCH3 is 1. The predicted molar refractivity (Wildman–Crippen MR) is 177 cm³/mol. The number of fused-ring (bicyclic) bond motifs is 2. The van der Waals surface area contributed by atoms with E-state index in [9.17, 15) is 9.18 Å². The number of anilines is 2. The normalized spacial score (nSPS) is 16.3. The van der Waals surface area contributed by atoms with Crippen LogP contribution in [0.4, 0.5) is 15.8 Å². The lowest BCUT2D eigenvalue weighted by molar-refractivity contribution is 0.0526. The van der Waals surface area contributed by atoms with Crippen LogP contribution in [0.5, 0.6) is 5.75 Å². The van der Waals surface area contributed by atoms with Crippen molar-refractivity contribution >= 4 is 28.2 Å². The van der Waals surface area contributed by atoms with E-state index in [0.29, 0.717) is 18.2 Å². The van der Waals surface area contributed by atoms with Crippen LogP contribution in [-0.2, 0) is 4.74 Å². The van der Waals surface area contributed by atoms with Crippen molar-refractivity contribution < 1.29 is 18.7 Å². The Bertz CT molecular complexity index is 1870. The molecule has 1 atom stereocenters. The monoisotopic (exact) mass is 601 g/mol. The Morgan fingerprint density at radius 3 is 2.51 bits per heavy atom. The molecule has 2 aliphatic rings. The Balaban J connectivity index is 1.25. The Labute approximate surface area is 262 Å². The van der Waals surface area contributed by atoms with Crippen molar-refractivity contribution in [1.82, 2.24) is 4.98 Å². The molecule has 1 unspecified atom stereocenters. The largest absolute Gasteiger partial charge is 0.497 e. The summed E-state index contributed by atoms with van der Waals surface area (Å²) in [6, 6.07) is 29.3. The van der Waals surface area contributed by atoms with Crippen molar-refractivity contribution in [3.05, 3.63) is 108 Å². The van der Waals surface area contributed by atoms with E-state index in [1.54, 1.807) is 19.2 Å². The van der Waals surface area contributed by atoms with Crippen LogP contribution in [-0.4, -0.2) is 30.7 Å². The van der Waals surface area contributed by atoms with Gasteiger partial charge in [0.15, 0.2) is 0 Å². The number of hydrogen-bond donors (Lipinski definition) is 1. The summed E-state index contributed by atoms with van der Waals surface area (Å²) in [5, 5.41) is 4.77. The second-order valence-corrected chi connectivity index (χ2v) is 11.8. The molecule has 1 fully saturated rings. The summed E-state index contributed by atoms with van der Waals surface area (Å²) in [4.78, 5) is 20.1. The molecule has 1 N–H and O–H groups in total. The van der Waals surface area contributed by atoms with Gasteiger partial charge in [0, 0.05) is 17.0 Å². The minimum atomic E-state index is -0.305. The first kappa shape index (κ1) is 28.8. The average molecular weight is 602 g/mol. The van der Waals surface area contributed by atoms with Crippen LogP contribution in [0.1, 0.15) is 61.1 Å². The van der Waals surface area contributed by atoms with Gasteiger partial charge >= 0.3 is 5.97 Å². The van der Waals surface area contributed by atoms with Crippen molar-refractivity contribution in [2.75, 3.05) is 23.9 Å². The third-order valence-electron chi connectivity index (χ3n) is 9.01. The minimum Gasteiger partial charge on any atom is -0.497 e. The molecule has 1 aliphatic carbocycles. The third-order valence-corrected chi connectivity index (χ3v) is 9.01. The number of nitrogens with zero attached hydrogens (tertiary/aromatic N) is 2. The molecule has 0 amide bonds. The van der Waals surface area contributed by atoms with E-state index < -0.39 is 0 Å². The third kappa shape index (κ3) is 5.59.